The minimum absolute atomic E-state index is 0.0425. The molecule has 1 N–H and O–H groups in total. The Balaban J connectivity index is 2.44. The van der Waals surface area contributed by atoms with Gasteiger partial charge in [-0.05, 0) is 13.3 Å². The van der Waals surface area contributed by atoms with Gasteiger partial charge in [-0.2, -0.15) is 0 Å². The van der Waals surface area contributed by atoms with Crippen LogP contribution in [0.1, 0.15) is 22.4 Å². The van der Waals surface area contributed by atoms with Crippen molar-refractivity contribution in [2.45, 2.75) is 26.7 Å². The number of hydrogen-bond acceptors (Lipinski definition) is 3. The van der Waals surface area contributed by atoms with Crippen molar-refractivity contribution < 1.29 is 9.90 Å². The number of hydrogen-bond donors (Lipinski definition) is 1. The van der Waals surface area contributed by atoms with Gasteiger partial charge in [-0.1, -0.05) is 36.8 Å². The summed E-state index contributed by atoms with van der Waals surface area (Å²) < 4.78 is 0. The summed E-state index contributed by atoms with van der Waals surface area (Å²) in [6, 6.07) is 8.03. The molecule has 0 amide bonds. The summed E-state index contributed by atoms with van der Waals surface area (Å²) in [5.74, 6) is -0.810. The van der Waals surface area contributed by atoms with E-state index in [0.29, 0.717) is 0 Å². The van der Waals surface area contributed by atoms with Gasteiger partial charge in [0.2, 0.25) is 0 Å². The second-order valence-corrected chi connectivity index (χ2v) is 5.34. The zero-order valence-electron chi connectivity index (χ0n) is 10.4. The molecule has 0 bridgehead atoms. The fourth-order valence-corrected chi connectivity index (χ4v) is 2.77. The van der Waals surface area contributed by atoms with E-state index in [1.807, 2.05) is 38.1 Å². The smallest absolute Gasteiger partial charge is 0.308 e. The van der Waals surface area contributed by atoms with Crippen molar-refractivity contribution in [2.75, 3.05) is 0 Å². The van der Waals surface area contributed by atoms with Crippen LogP contribution in [0.25, 0.3) is 11.3 Å². The molecule has 94 valence electrons. The van der Waals surface area contributed by atoms with Gasteiger partial charge >= 0.3 is 5.97 Å². The van der Waals surface area contributed by atoms with Crippen molar-refractivity contribution in [3.63, 3.8) is 0 Å². The summed E-state index contributed by atoms with van der Waals surface area (Å²) in [5.41, 5.74) is 3.00. The lowest BCUT2D eigenvalue weighted by Crippen LogP contribution is -1.99. The molecule has 0 radical (unpaired) electrons. The second kappa shape index (κ2) is 5.31. The van der Waals surface area contributed by atoms with Crippen molar-refractivity contribution >= 4 is 17.3 Å². The summed E-state index contributed by atoms with van der Waals surface area (Å²) >= 11 is 1.49. The highest BCUT2D eigenvalue weighted by atomic mass is 32.1. The highest BCUT2D eigenvalue weighted by Crippen LogP contribution is 2.29. The summed E-state index contributed by atoms with van der Waals surface area (Å²) in [6.45, 7) is 4.06. The molecule has 18 heavy (non-hydrogen) atoms. The number of aryl methyl sites for hydroxylation is 2. The maximum Gasteiger partial charge on any atom is 0.308 e. The van der Waals surface area contributed by atoms with Crippen molar-refractivity contribution in [3.8, 4) is 11.3 Å². The monoisotopic (exact) mass is 261 g/mol. The number of carboxylic acid groups (broad SMARTS) is 1. The first kappa shape index (κ1) is 12.8. The van der Waals surface area contributed by atoms with Crippen LogP contribution in [0.5, 0.6) is 0 Å². The summed E-state index contributed by atoms with van der Waals surface area (Å²) in [5, 5.41) is 9.93. The maximum absolute atomic E-state index is 10.9. The van der Waals surface area contributed by atoms with Crippen molar-refractivity contribution in [1.82, 2.24) is 4.98 Å². The lowest BCUT2D eigenvalue weighted by atomic mass is 10.1. The molecule has 0 aliphatic heterocycles. The van der Waals surface area contributed by atoms with Crippen LogP contribution in [0, 0.1) is 6.92 Å². The Morgan fingerprint density at radius 2 is 2.00 bits per heavy atom. The Hall–Kier alpha value is -1.68. The van der Waals surface area contributed by atoms with Gasteiger partial charge in [0.05, 0.1) is 17.1 Å². The molecule has 1 aromatic heterocycles. The summed E-state index contributed by atoms with van der Waals surface area (Å²) in [7, 11) is 0. The standard InChI is InChI=1S/C14H15NO2S/c1-3-12-15-14(11(18-12)8-13(16)17)10-6-4-9(2)5-7-10/h4-7H,3,8H2,1-2H3,(H,16,17). The number of carbonyl (C=O) groups is 1. The van der Waals surface area contributed by atoms with E-state index in [9.17, 15) is 4.79 Å². The van der Waals surface area contributed by atoms with Gasteiger partial charge in [-0.3, -0.25) is 4.79 Å². The van der Waals surface area contributed by atoms with Gasteiger partial charge in [-0.15, -0.1) is 11.3 Å². The fourth-order valence-electron chi connectivity index (χ4n) is 1.75. The van der Waals surface area contributed by atoms with Crippen LogP contribution in [0.2, 0.25) is 0 Å². The van der Waals surface area contributed by atoms with Crippen LogP contribution in [0.3, 0.4) is 0 Å². The molecule has 0 unspecified atom stereocenters. The van der Waals surface area contributed by atoms with Crippen LogP contribution in [-0.4, -0.2) is 16.1 Å². The molecule has 1 heterocycles. The predicted octanol–water partition coefficient (Wildman–Crippen LogP) is 3.31. The van der Waals surface area contributed by atoms with Crippen molar-refractivity contribution in [1.29, 1.82) is 0 Å². The second-order valence-electron chi connectivity index (χ2n) is 4.17. The largest absolute Gasteiger partial charge is 0.481 e. The first-order valence-electron chi connectivity index (χ1n) is 5.87. The minimum Gasteiger partial charge on any atom is -0.481 e. The van der Waals surface area contributed by atoms with Gasteiger partial charge in [0.1, 0.15) is 0 Å². The van der Waals surface area contributed by atoms with Gasteiger partial charge in [0.25, 0.3) is 0 Å². The lowest BCUT2D eigenvalue weighted by molar-refractivity contribution is -0.136. The van der Waals surface area contributed by atoms with E-state index in [2.05, 4.69) is 4.98 Å². The van der Waals surface area contributed by atoms with E-state index in [0.717, 1.165) is 27.6 Å². The average molecular weight is 261 g/mol. The molecule has 0 spiro atoms. The van der Waals surface area contributed by atoms with Crippen LogP contribution in [0.4, 0.5) is 0 Å². The lowest BCUT2D eigenvalue weighted by Gasteiger charge is -2.01. The number of benzene rings is 1. The van der Waals surface area contributed by atoms with E-state index < -0.39 is 5.97 Å². The molecule has 0 saturated carbocycles. The molecule has 0 fully saturated rings. The van der Waals surface area contributed by atoms with E-state index in [1.54, 1.807) is 0 Å². The van der Waals surface area contributed by atoms with Crippen molar-refractivity contribution in [2.24, 2.45) is 0 Å². The Kier molecular flexibility index (Phi) is 3.77. The molecule has 4 heteroatoms. The Morgan fingerprint density at radius 1 is 1.33 bits per heavy atom. The molecule has 2 aromatic rings. The fraction of sp³-hybridized carbons (Fsp3) is 0.286. The van der Waals surface area contributed by atoms with E-state index in [1.165, 1.54) is 16.9 Å². The Morgan fingerprint density at radius 3 is 2.56 bits per heavy atom. The third-order valence-corrected chi connectivity index (χ3v) is 3.88. The highest BCUT2D eigenvalue weighted by molar-refractivity contribution is 7.12. The zero-order valence-corrected chi connectivity index (χ0v) is 11.3. The third-order valence-electron chi connectivity index (χ3n) is 2.68. The summed E-state index contributed by atoms with van der Waals surface area (Å²) in [6.07, 6.45) is 0.879. The van der Waals surface area contributed by atoms with E-state index in [4.69, 9.17) is 5.11 Å². The zero-order chi connectivity index (χ0) is 13.1. The van der Waals surface area contributed by atoms with Crippen LogP contribution in [0.15, 0.2) is 24.3 Å². The molecule has 0 saturated heterocycles. The average Bonchev–Trinajstić information content (AvgIpc) is 2.72. The molecule has 1 aromatic carbocycles. The van der Waals surface area contributed by atoms with Crippen LogP contribution < -0.4 is 0 Å². The Bertz CT molecular complexity index is 558. The normalized spacial score (nSPS) is 10.6. The molecule has 3 nitrogen and oxygen atoms in total. The minimum atomic E-state index is -0.810. The number of aliphatic carboxylic acids is 1. The maximum atomic E-state index is 10.9. The quantitative estimate of drug-likeness (QED) is 0.918. The first-order chi connectivity index (χ1) is 8.60. The van der Waals surface area contributed by atoms with Gasteiger partial charge < -0.3 is 5.11 Å². The van der Waals surface area contributed by atoms with Gasteiger partial charge in [-0.25, -0.2) is 4.98 Å². The Labute approximate surface area is 110 Å². The van der Waals surface area contributed by atoms with E-state index in [-0.39, 0.29) is 6.42 Å². The number of nitrogens with zero attached hydrogens (tertiary/aromatic N) is 1. The molecule has 0 aliphatic rings. The topological polar surface area (TPSA) is 50.2 Å². The van der Waals surface area contributed by atoms with Crippen LogP contribution >= 0.6 is 11.3 Å². The van der Waals surface area contributed by atoms with Crippen molar-refractivity contribution in [3.05, 3.63) is 39.7 Å². The number of rotatable bonds is 4. The van der Waals surface area contributed by atoms with E-state index >= 15 is 0 Å². The number of thiazole rings is 1. The SMILES string of the molecule is CCc1nc(-c2ccc(C)cc2)c(CC(=O)O)s1. The predicted molar refractivity (Wildman–Crippen MR) is 73.0 cm³/mol. The van der Waals surface area contributed by atoms with Gasteiger partial charge in [0, 0.05) is 10.4 Å². The number of carboxylic acids is 1. The summed E-state index contributed by atoms with van der Waals surface area (Å²) in [4.78, 5) is 16.3. The third kappa shape index (κ3) is 2.76. The molecular formula is C14H15NO2S. The molecule has 0 atom stereocenters. The molecular weight excluding hydrogens is 246 g/mol. The molecule has 0 aliphatic carbocycles. The number of aromatic nitrogens is 1. The highest BCUT2D eigenvalue weighted by Gasteiger charge is 2.14. The molecule has 2 rings (SSSR count). The van der Waals surface area contributed by atoms with Crippen LogP contribution in [-0.2, 0) is 17.6 Å². The van der Waals surface area contributed by atoms with Gasteiger partial charge in [0.15, 0.2) is 0 Å². The first-order valence-corrected chi connectivity index (χ1v) is 6.69.